The standard InChI is InChI=1S/C6H15NO6/c1-3(5(8,9)10)2-4(7)6(11,12)13/h3-4,8-13H,2,7H2,1H3. The Labute approximate surface area is 74.7 Å². The summed E-state index contributed by atoms with van der Waals surface area (Å²) in [5.74, 6) is -7.18. The molecule has 0 saturated heterocycles. The van der Waals surface area contributed by atoms with E-state index in [1.54, 1.807) is 0 Å². The fourth-order valence-corrected chi connectivity index (χ4v) is 0.697. The van der Waals surface area contributed by atoms with E-state index in [9.17, 15) is 0 Å². The Morgan fingerprint density at radius 3 is 1.62 bits per heavy atom. The first-order chi connectivity index (χ1) is 5.55. The van der Waals surface area contributed by atoms with E-state index in [1.807, 2.05) is 0 Å². The SMILES string of the molecule is CC(CC(N)C(O)(O)O)C(O)(O)O. The maximum Gasteiger partial charge on any atom is 0.291 e. The molecule has 2 atom stereocenters. The van der Waals surface area contributed by atoms with Crippen molar-refractivity contribution in [3.8, 4) is 0 Å². The normalized spacial score (nSPS) is 18.5. The minimum absolute atomic E-state index is 0.382. The monoisotopic (exact) mass is 197 g/mol. The van der Waals surface area contributed by atoms with Gasteiger partial charge in [-0.05, 0) is 6.42 Å². The molecule has 7 nitrogen and oxygen atoms in total. The number of rotatable bonds is 4. The Morgan fingerprint density at radius 2 is 1.38 bits per heavy atom. The van der Waals surface area contributed by atoms with Gasteiger partial charge in [-0.2, -0.15) is 0 Å². The zero-order valence-corrected chi connectivity index (χ0v) is 7.12. The van der Waals surface area contributed by atoms with Gasteiger partial charge in [-0.3, -0.25) is 0 Å². The van der Waals surface area contributed by atoms with Crippen LogP contribution in [0.4, 0.5) is 0 Å². The van der Waals surface area contributed by atoms with Crippen LogP contribution in [0.25, 0.3) is 0 Å². The van der Waals surface area contributed by atoms with Crippen molar-refractivity contribution < 1.29 is 30.6 Å². The maximum atomic E-state index is 8.61. The lowest BCUT2D eigenvalue weighted by atomic mass is 9.99. The molecule has 80 valence electrons. The molecular formula is C6H15NO6. The van der Waals surface area contributed by atoms with Gasteiger partial charge in [-0.25, -0.2) is 0 Å². The smallest absolute Gasteiger partial charge is 0.291 e. The quantitative estimate of drug-likeness (QED) is 0.232. The molecule has 0 aliphatic rings. The zero-order chi connectivity index (χ0) is 10.9. The van der Waals surface area contributed by atoms with Crippen LogP contribution >= 0.6 is 0 Å². The summed E-state index contributed by atoms with van der Waals surface area (Å²) in [5.41, 5.74) is 5.07. The summed E-state index contributed by atoms with van der Waals surface area (Å²) in [5, 5.41) is 51.5. The van der Waals surface area contributed by atoms with Crippen LogP contribution in [0.15, 0.2) is 0 Å². The third-order valence-electron chi connectivity index (χ3n) is 1.77. The van der Waals surface area contributed by atoms with E-state index in [-0.39, 0.29) is 6.42 Å². The average molecular weight is 197 g/mol. The van der Waals surface area contributed by atoms with Gasteiger partial charge in [0.2, 0.25) is 0 Å². The summed E-state index contributed by atoms with van der Waals surface area (Å²) >= 11 is 0. The molecular weight excluding hydrogens is 182 g/mol. The van der Waals surface area contributed by atoms with Gasteiger partial charge in [0.25, 0.3) is 11.9 Å². The Morgan fingerprint density at radius 1 is 1.00 bits per heavy atom. The van der Waals surface area contributed by atoms with Crippen molar-refractivity contribution in [1.82, 2.24) is 0 Å². The van der Waals surface area contributed by atoms with Crippen LogP contribution in [0.1, 0.15) is 13.3 Å². The predicted octanol–water partition coefficient (Wildman–Crippen LogP) is -3.40. The first-order valence-corrected chi connectivity index (χ1v) is 3.65. The summed E-state index contributed by atoms with van der Waals surface area (Å²) < 4.78 is 0. The summed E-state index contributed by atoms with van der Waals surface area (Å²) in [6.45, 7) is 1.21. The Kier molecular flexibility index (Phi) is 3.76. The fraction of sp³-hybridized carbons (Fsp3) is 1.00. The van der Waals surface area contributed by atoms with Crippen molar-refractivity contribution in [2.75, 3.05) is 0 Å². The second-order valence-corrected chi connectivity index (χ2v) is 3.12. The third-order valence-corrected chi connectivity index (χ3v) is 1.77. The van der Waals surface area contributed by atoms with Crippen molar-refractivity contribution >= 4 is 0 Å². The average Bonchev–Trinajstić information content (AvgIpc) is 1.82. The molecule has 0 saturated carbocycles. The van der Waals surface area contributed by atoms with Crippen molar-refractivity contribution in [3.63, 3.8) is 0 Å². The first kappa shape index (κ1) is 12.7. The molecule has 0 aromatic rings. The Bertz CT molecular complexity index is 141. The van der Waals surface area contributed by atoms with Crippen molar-refractivity contribution in [2.24, 2.45) is 11.7 Å². The van der Waals surface area contributed by atoms with Crippen molar-refractivity contribution in [2.45, 2.75) is 31.3 Å². The summed E-state index contributed by atoms with van der Waals surface area (Å²) in [6, 6.07) is -1.51. The molecule has 0 aliphatic heterocycles. The number of hydrogen-bond donors (Lipinski definition) is 7. The van der Waals surface area contributed by atoms with Gasteiger partial charge >= 0.3 is 0 Å². The summed E-state index contributed by atoms with van der Waals surface area (Å²) in [7, 11) is 0. The minimum atomic E-state index is -3.10. The van der Waals surface area contributed by atoms with Gasteiger partial charge in [-0.1, -0.05) is 6.92 Å². The van der Waals surface area contributed by atoms with E-state index in [0.717, 1.165) is 0 Å². The number of nitrogens with two attached hydrogens (primary N) is 1. The number of hydrogen-bond acceptors (Lipinski definition) is 7. The summed E-state index contributed by atoms with van der Waals surface area (Å²) in [4.78, 5) is 0. The summed E-state index contributed by atoms with van der Waals surface area (Å²) in [6.07, 6.45) is -0.382. The van der Waals surface area contributed by atoms with Crippen LogP contribution in [0.5, 0.6) is 0 Å². The highest BCUT2D eigenvalue weighted by atomic mass is 16.7. The predicted molar refractivity (Wildman–Crippen MR) is 40.5 cm³/mol. The Balaban J connectivity index is 4.15. The highest BCUT2D eigenvalue weighted by Crippen LogP contribution is 2.18. The lowest BCUT2D eigenvalue weighted by Gasteiger charge is -2.28. The highest BCUT2D eigenvalue weighted by molar-refractivity contribution is 4.74. The van der Waals surface area contributed by atoms with Gasteiger partial charge in [0.05, 0.1) is 6.04 Å². The fourth-order valence-electron chi connectivity index (χ4n) is 0.697. The topological polar surface area (TPSA) is 147 Å². The van der Waals surface area contributed by atoms with Crippen LogP contribution in [0.3, 0.4) is 0 Å². The van der Waals surface area contributed by atoms with Gasteiger partial charge in [-0.15, -0.1) is 0 Å². The minimum Gasteiger partial charge on any atom is -0.343 e. The molecule has 0 fully saturated rings. The molecule has 0 aromatic heterocycles. The van der Waals surface area contributed by atoms with E-state index in [4.69, 9.17) is 36.4 Å². The molecule has 0 radical (unpaired) electrons. The zero-order valence-electron chi connectivity index (χ0n) is 7.12. The van der Waals surface area contributed by atoms with E-state index < -0.39 is 23.9 Å². The van der Waals surface area contributed by atoms with Gasteiger partial charge < -0.3 is 36.4 Å². The maximum absolute atomic E-state index is 8.61. The van der Waals surface area contributed by atoms with Crippen LogP contribution in [-0.2, 0) is 0 Å². The lowest BCUT2D eigenvalue weighted by Crippen LogP contribution is -2.51. The third kappa shape index (κ3) is 4.48. The van der Waals surface area contributed by atoms with Gasteiger partial charge in [0, 0.05) is 5.92 Å². The Hall–Kier alpha value is -0.280. The van der Waals surface area contributed by atoms with Crippen LogP contribution in [0.2, 0.25) is 0 Å². The van der Waals surface area contributed by atoms with Crippen LogP contribution < -0.4 is 5.73 Å². The first-order valence-electron chi connectivity index (χ1n) is 3.65. The van der Waals surface area contributed by atoms with E-state index in [0.29, 0.717) is 0 Å². The van der Waals surface area contributed by atoms with E-state index in [2.05, 4.69) is 0 Å². The van der Waals surface area contributed by atoms with Crippen molar-refractivity contribution in [3.05, 3.63) is 0 Å². The second-order valence-electron chi connectivity index (χ2n) is 3.12. The molecule has 0 heterocycles. The van der Waals surface area contributed by atoms with E-state index >= 15 is 0 Å². The molecule has 13 heavy (non-hydrogen) atoms. The second kappa shape index (κ2) is 3.84. The van der Waals surface area contributed by atoms with Gasteiger partial charge in [0.15, 0.2) is 0 Å². The molecule has 0 bridgehead atoms. The van der Waals surface area contributed by atoms with E-state index in [1.165, 1.54) is 6.92 Å². The van der Waals surface area contributed by atoms with Crippen LogP contribution in [0, 0.1) is 5.92 Å². The molecule has 2 unspecified atom stereocenters. The van der Waals surface area contributed by atoms with Gasteiger partial charge in [0.1, 0.15) is 0 Å². The molecule has 0 aromatic carbocycles. The van der Waals surface area contributed by atoms with Crippen molar-refractivity contribution in [1.29, 1.82) is 0 Å². The van der Waals surface area contributed by atoms with Crippen LogP contribution in [-0.4, -0.2) is 48.6 Å². The molecule has 0 rings (SSSR count). The highest BCUT2D eigenvalue weighted by Gasteiger charge is 2.36. The molecule has 0 spiro atoms. The number of aliphatic hydroxyl groups is 6. The molecule has 7 heteroatoms. The largest absolute Gasteiger partial charge is 0.343 e. The lowest BCUT2D eigenvalue weighted by molar-refractivity contribution is -0.353. The molecule has 8 N–H and O–H groups in total. The molecule has 0 aliphatic carbocycles. The molecule has 0 amide bonds.